The molecule has 0 unspecified atom stereocenters. The minimum absolute atomic E-state index is 0.134. The van der Waals surface area contributed by atoms with Crippen molar-refractivity contribution >= 4 is 18.9 Å². The van der Waals surface area contributed by atoms with Crippen LogP contribution in [0.5, 0.6) is 5.75 Å². The van der Waals surface area contributed by atoms with Gasteiger partial charge in [0.25, 0.3) is 0 Å². The Morgan fingerprint density at radius 3 is 2.68 bits per heavy atom. The predicted molar refractivity (Wildman–Crippen MR) is 87.0 cm³/mol. The highest BCUT2D eigenvalue weighted by molar-refractivity contribution is 6.08. The number of phenolic OH excluding ortho intramolecular Hbond substituents is 1. The van der Waals surface area contributed by atoms with Crippen LogP contribution in [-0.4, -0.2) is 27.7 Å². The molecule has 0 amide bonds. The number of rotatable bonds is 3. The summed E-state index contributed by atoms with van der Waals surface area (Å²) < 4.78 is 2.29. The zero-order valence-corrected chi connectivity index (χ0v) is 12.5. The summed E-state index contributed by atoms with van der Waals surface area (Å²) >= 11 is 0. The molecule has 5 heteroatoms. The maximum Gasteiger partial charge on any atom is 0.125 e. The first-order valence-corrected chi connectivity index (χ1v) is 7.49. The van der Waals surface area contributed by atoms with Crippen molar-refractivity contribution in [2.45, 2.75) is 31.6 Å². The van der Waals surface area contributed by atoms with Crippen molar-refractivity contribution in [2.24, 2.45) is 0 Å². The minimum Gasteiger partial charge on any atom is -0.507 e. The first kappa shape index (κ1) is 13.4. The molecule has 1 saturated carbocycles. The number of phenols is 1. The minimum atomic E-state index is 0.134. The van der Waals surface area contributed by atoms with Crippen molar-refractivity contribution in [2.75, 3.05) is 0 Å². The number of nitrogens with zero attached hydrogens (tertiary/aromatic N) is 3. The van der Waals surface area contributed by atoms with Gasteiger partial charge in [-0.25, -0.2) is 0 Å². The van der Waals surface area contributed by atoms with E-state index >= 15 is 0 Å². The van der Waals surface area contributed by atoms with Crippen LogP contribution in [0.4, 0.5) is 0 Å². The van der Waals surface area contributed by atoms with Crippen LogP contribution in [0.2, 0.25) is 0 Å². The Hall–Kier alpha value is -2.30. The van der Waals surface area contributed by atoms with Crippen LogP contribution >= 0.6 is 0 Å². The number of aromatic hydroxyl groups is 1. The van der Waals surface area contributed by atoms with Gasteiger partial charge in [0.05, 0.1) is 19.1 Å². The van der Waals surface area contributed by atoms with E-state index in [2.05, 4.69) is 21.7 Å². The highest BCUT2D eigenvalue weighted by Gasteiger charge is 2.41. The molecule has 22 heavy (non-hydrogen) atoms. The van der Waals surface area contributed by atoms with E-state index in [-0.39, 0.29) is 11.3 Å². The average Bonchev–Trinajstić information content (AvgIpc) is 3.14. The highest BCUT2D eigenvalue weighted by atomic mass is 16.3. The Labute approximate surface area is 130 Å². The maximum atomic E-state index is 10.0. The molecule has 0 aliphatic heterocycles. The smallest absolute Gasteiger partial charge is 0.125 e. The molecule has 2 heterocycles. The molecule has 2 aromatic heterocycles. The summed E-state index contributed by atoms with van der Waals surface area (Å²) in [7, 11) is 5.90. The lowest BCUT2D eigenvalue weighted by molar-refractivity contribution is 0.477. The van der Waals surface area contributed by atoms with Crippen molar-refractivity contribution in [1.82, 2.24) is 14.8 Å². The van der Waals surface area contributed by atoms with E-state index in [1.165, 1.54) is 0 Å². The van der Waals surface area contributed by atoms with Crippen LogP contribution < -0.4 is 0 Å². The largest absolute Gasteiger partial charge is 0.507 e. The van der Waals surface area contributed by atoms with Gasteiger partial charge in [0, 0.05) is 16.8 Å². The molecule has 0 spiro atoms. The average molecular weight is 289 g/mol. The SMILES string of the molecule is [B]Cc1cc2nnc(-c3ccccc3O)cc2n1C1(C)CC1. The lowest BCUT2D eigenvalue weighted by atomic mass is 10.0. The van der Waals surface area contributed by atoms with E-state index in [4.69, 9.17) is 7.85 Å². The molecule has 3 aromatic rings. The summed E-state index contributed by atoms with van der Waals surface area (Å²) in [5.41, 5.74) is 4.48. The van der Waals surface area contributed by atoms with Crippen molar-refractivity contribution in [3.8, 4) is 17.0 Å². The summed E-state index contributed by atoms with van der Waals surface area (Å²) in [5, 5.41) is 18.6. The van der Waals surface area contributed by atoms with E-state index in [1.807, 2.05) is 24.3 Å². The quantitative estimate of drug-likeness (QED) is 0.754. The molecule has 1 aromatic carbocycles. The second-order valence-corrected chi connectivity index (χ2v) is 6.19. The molecule has 1 fully saturated rings. The van der Waals surface area contributed by atoms with Crippen LogP contribution in [0.15, 0.2) is 36.4 Å². The molecular weight excluding hydrogens is 273 g/mol. The van der Waals surface area contributed by atoms with Gasteiger partial charge in [0.1, 0.15) is 11.3 Å². The number of hydrogen-bond acceptors (Lipinski definition) is 3. The normalized spacial score (nSPS) is 16.0. The van der Waals surface area contributed by atoms with E-state index in [0.29, 0.717) is 17.6 Å². The number of benzene rings is 1. The topological polar surface area (TPSA) is 50.9 Å². The summed E-state index contributed by atoms with van der Waals surface area (Å²) in [6.07, 6.45) is 2.79. The second-order valence-electron chi connectivity index (χ2n) is 6.19. The maximum absolute atomic E-state index is 10.0. The first-order chi connectivity index (χ1) is 10.6. The lowest BCUT2D eigenvalue weighted by Gasteiger charge is -2.17. The standard InChI is InChI=1S/C17H16BN3O/c1-17(6-7-17)21-11(10-18)8-14-15(21)9-13(19-20-14)12-4-2-3-5-16(12)22/h2-5,8-9,22H,6-7,10H2,1H3. The van der Waals surface area contributed by atoms with Gasteiger partial charge in [-0.1, -0.05) is 12.1 Å². The van der Waals surface area contributed by atoms with Gasteiger partial charge >= 0.3 is 0 Å². The van der Waals surface area contributed by atoms with Crippen LogP contribution in [0, 0.1) is 0 Å². The van der Waals surface area contributed by atoms with E-state index in [9.17, 15) is 5.11 Å². The van der Waals surface area contributed by atoms with Crippen LogP contribution in [0.3, 0.4) is 0 Å². The van der Waals surface area contributed by atoms with Gasteiger partial charge < -0.3 is 9.67 Å². The fraction of sp³-hybridized carbons (Fsp3) is 0.294. The Morgan fingerprint density at radius 2 is 2.00 bits per heavy atom. The Kier molecular flexibility index (Phi) is 2.80. The predicted octanol–water partition coefficient (Wildman–Crippen LogP) is 2.98. The summed E-state index contributed by atoms with van der Waals surface area (Å²) in [4.78, 5) is 0. The monoisotopic (exact) mass is 289 g/mol. The molecule has 0 atom stereocenters. The van der Waals surface area contributed by atoms with E-state index < -0.39 is 0 Å². The van der Waals surface area contributed by atoms with Crippen molar-refractivity contribution < 1.29 is 5.11 Å². The fourth-order valence-electron chi connectivity index (χ4n) is 3.06. The van der Waals surface area contributed by atoms with Gasteiger partial charge in [0.2, 0.25) is 0 Å². The van der Waals surface area contributed by atoms with Gasteiger partial charge in [-0.3, -0.25) is 0 Å². The number of aromatic nitrogens is 3. The molecule has 0 bridgehead atoms. The Bertz CT molecular complexity index is 867. The summed E-state index contributed by atoms with van der Waals surface area (Å²) in [6, 6.07) is 11.2. The Morgan fingerprint density at radius 1 is 1.23 bits per heavy atom. The lowest BCUT2D eigenvalue weighted by Crippen LogP contribution is -2.15. The molecule has 0 saturated heterocycles. The van der Waals surface area contributed by atoms with Gasteiger partial charge in [-0.05, 0) is 50.4 Å². The van der Waals surface area contributed by atoms with Crippen LogP contribution in [0.1, 0.15) is 25.5 Å². The molecule has 4 nitrogen and oxygen atoms in total. The highest BCUT2D eigenvalue weighted by Crippen LogP contribution is 2.46. The zero-order chi connectivity index (χ0) is 15.3. The molecule has 1 aliphatic rings. The fourth-order valence-corrected chi connectivity index (χ4v) is 3.06. The molecule has 2 radical (unpaired) electrons. The third kappa shape index (κ3) is 1.92. The zero-order valence-electron chi connectivity index (χ0n) is 12.5. The van der Waals surface area contributed by atoms with Crippen LogP contribution in [-0.2, 0) is 11.9 Å². The third-order valence-electron chi connectivity index (χ3n) is 4.54. The van der Waals surface area contributed by atoms with Crippen LogP contribution in [0.25, 0.3) is 22.3 Å². The molecule has 1 aliphatic carbocycles. The number of para-hydroxylation sites is 1. The second kappa shape index (κ2) is 4.60. The van der Waals surface area contributed by atoms with Crippen molar-refractivity contribution in [1.29, 1.82) is 0 Å². The van der Waals surface area contributed by atoms with Gasteiger partial charge in [-0.15, -0.1) is 10.2 Å². The summed E-state index contributed by atoms with van der Waals surface area (Å²) in [6.45, 7) is 2.24. The van der Waals surface area contributed by atoms with E-state index in [0.717, 1.165) is 29.6 Å². The summed E-state index contributed by atoms with van der Waals surface area (Å²) in [5.74, 6) is 0.214. The molecule has 1 N–H and O–H groups in total. The number of fused-ring (bicyclic) bond motifs is 1. The Balaban J connectivity index is 1.96. The van der Waals surface area contributed by atoms with Crippen molar-refractivity contribution in [3.05, 3.63) is 42.1 Å². The first-order valence-electron chi connectivity index (χ1n) is 7.49. The molecule has 4 rings (SSSR count). The molecule has 108 valence electrons. The van der Waals surface area contributed by atoms with Crippen molar-refractivity contribution in [3.63, 3.8) is 0 Å². The van der Waals surface area contributed by atoms with E-state index in [1.54, 1.807) is 12.1 Å². The van der Waals surface area contributed by atoms with Gasteiger partial charge in [-0.2, -0.15) is 0 Å². The molecular formula is C17H16BN3O. The third-order valence-corrected chi connectivity index (χ3v) is 4.54. The number of hydrogen-bond donors (Lipinski definition) is 1. The van der Waals surface area contributed by atoms with Gasteiger partial charge in [0.15, 0.2) is 0 Å².